The molecule has 0 aliphatic rings. The highest BCUT2D eigenvalue weighted by Crippen LogP contribution is 2.26. The molecule has 38 heavy (non-hydrogen) atoms. The van der Waals surface area contributed by atoms with Gasteiger partial charge in [-0.05, 0) is 18.1 Å². The van der Waals surface area contributed by atoms with Crippen molar-refractivity contribution in [2.45, 2.75) is 32.4 Å². The van der Waals surface area contributed by atoms with Gasteiger partial charge >= 0.3 is 17.8 Å². The number of carbonyl (C=O) groups excluding carboxylic acids is 4. The van der Waals surface area contributed by atoms with Gasteiger partial charge in [0.1, 0.15) is 24.5 Å². The number of carboxylic acids is 1. The van der Waals surface area contributed by atoms with Crippen molar-refractivity contribution in [1.82, 2.24) is 15.6 Å². The zero-order chi connectivity index (χ0) is 28.6. The van der Waals surface area contributed by atoms with E-state index in [-0.39, 0.29) is 11.9 Å². The second kappa shape index (κ2) is 13.1. The lowest BCUT2D eigenvalue weighted by Crippen LogP contribution is -2.56. The Kier molecular flexibility index (Phi) is 10.2. The first kappa shape index (κ1) is 29.7. The first-order chi connectivity index (χ1) is 17.8. The number of aliphatic carboxylic acids is 1. The van der Waals surface area contributed by atoms with Gasteiger partial charge in [0, 0.05) is 12.3 Å². The molecular weight excluding hydrogens is 520 g/mol. The Morgan fingerprint density at radius 3 is 2.13 bits per heavy atom. The number of nitrogens with zero attached hydrogens (tertiary/aromatic N) is 1. The maximum Gasteiger partial charge on any atom is 0.314 e. The normalized spacial score (nSPS) is 12.3. The third-order valence-electron chi connectivity index (χ3n) is 4.86. The van der Waals surface area contributed by atoms with E-state index >= 15 is 0 Å². The van der Waals surface area contributed by atoms with Crippen LogP contribution in [0, 0.1) is 29.2 Å². The van der Waals surface area contributed by atoms with Crippen LogP contribution in [0.3, 0.4) is 0 Å². The third kappa shape index (κ3) is 7.97. The van der Waals surface area contributed by atoms with E-state index in [1.54, 1.807) is 12.1 Å². The van der Waals surface area contributed by atoms with E-state index in [1.165, 1.54) is 26.1 Å². The minimum absolute atomic E-state index is 0.0522. The van der Waals surface area contributed by atoms with Crippen LogP contribution in [0.1, 0.15) is 20.3 Å². The number of hydrogen-bond acceptors (Lipinski definition) is 7. The van der Waals surface area contributed by atoms with Crippen LogP contribution >= 0.6 is 0 Å². The molecule has 0 spiro atoms. The van der Waals surface area contributed by atoms with E-state index in [9.17, 15) is 41.5 Å². The molecule has 2 aromatic rings. The molecule has 11 nitrogen and oxygen atoms in total. The van der Waals surface area contributed by atoms with Crippen molar-refractivity contribution in [3.05, 3.63) is 53.7 Å². The maximum absolute atomic E-state index is 13.8. The number of amides is 3. The van der Waals surface area contributed by atoms with Crippen LogP contribution in [0.15, 0.2) is 30.5 Å². The molecular formula is C23H22F4N4O7. The van der Waals surface area contributed by atoms with Crippen LogP contribution in [0.25, 0.3) is 0 Å². The summed E-state index contributed by atoms with van der Waals surface area (Å²) in [6.07, 6.45) is 0.337. The summed E-state index contributed by atoms with van der Waals surface area (Å²) in [5.41, 5.74) is 0. The third-order valence-corrected chi connectivity index (χ3v) is 4.86. The molecule has 1 aromatic carbocycles. The average molecular weight is 542 g/mol. The molecule has 1 heterocycles. The monoisotopic (exact) mass is 542 g/mol. The quantitative estimate of drug-likeness (QED) is 0.188. The first-order valence-electron chi connectivity index (χ1n) is 10.8. The van der Waals surface area contributed by atoms with Crippen molar-refractivity contribution in [1.29, 1.82) is 0 Å². The maximum atomic E-state index is 13.8. The number of pyridine rings is 1. The standard InChI is InChI=1S/C23H22F4N4O7/c1-10(2)19(31-23(37)22(36)30-15-5-3-4-6-28-15)21(35)29-13(8-16(33)34)14(32)9-38-20-17(26)11(24)7-12(25)18(20)27/h3-7,10,13,19H,8-9H2,1-2H3,(H,29,35)(H,31,37)(H,33,34)(H,28,30,36)/t13-,19-/m0/s1. The van der Waals surface area contributed by atoms with Gasteiger partial charge in [0.15, 0.2) is 23.2 Å². The Balaban J connectivity index is 2.12. The number of halogens is 4. The molecule has 4 N–H and O–H groups in total. The summed E-state index contributed by atoms with van der Waals surface area (Å²) in [4.78, 5) is 64.8. The van der Waals surface area contributed by atoms with Gasteiger partial charge in [-0.1, -0.05) is 19.9 Å². The topological polar surface area (TPSA) is 164 Å². The minimum atomic E-state index is -1.93. The number of Topliss-reactive ketones (excluding diaryl/α,β-unsaturated/α-hetero) is 1. The molecule has 1 aromatic heterocycles. The molecule has 0 aliphatic carbocycles. The SMILES string of the molecule is CC(C)[C@H](NC(=O)C(=O)Nc1ccccn1)C(=O)N[C@@H](CC(=O)O)C(=O)COc1c(F)c(F)cc(F)c1F. The molecule has 204 valence electrons. The van der Waals surface area contributed by atoms with Crippen molar-refractivity contribution in [2.24, 2.45) is 5.92 Å². The summed E-state index contributed by atoms with van der Waals surface area (Å²) < 4.78 is 58.8. The van der Waals surface area contributed by atoms with Gasteiger partial charge in [-0.2, -0.15) is 8.78 Å². The Labute approximate surface area is 212 Å². The number of anilines is 1. The minimum Gasteiger partial charge on any atom is -0.481 e. The number of ether oxygens (including phenoxy) is 1. The van der Waals surface area contributed by atoms with Gasteiger partial charge in [0.05, 0.1) is 6.42 Å². The lowest BCUT2D eigenvalue weighted by Gasteiger charge is -2.24. The summed E-state index contributed by atoms with van der Waals surface area (Å²) in [5.74, 6) is -15.9. The number of carboxylic acid groups (broad SMARTS) is 1. The van der Waals surface area contributed by atoms with Gasteiger partial charge in [0.25, 0.3) is 0 Å². The van der Waals surface area contributed by atoms with E-state index in [1.807, 2.05) is 0 Å². The number of hydrogen-bond donors (Lipinski definition) is 4. The van der Waals surface area contributed by atoms with Crippen LogP contribution in [0.4, 0.5) is 23.4 Å². The van der Waals surface area contributed by atoms with E-state index in [4.69, 9.17) is 5.11 Å². The van der Waals surface area contributed by atoms with Gasteiger partial charge in [-0.25, -0.2) is 13.8 Å². The second-order valence-electron chi connectivity index (χ2n) is 8.08. The Morgan fingerprint density at radius 2 is 1.61 bits per heavy atom. The first-order valence-corrected chi connectivity index (χ1v) is 10.8. The summed E-state index contributed by atoms with van der Waals surface area (Å²) in [7, 11) is 0. The predicted octanol–water partition coefficient (Wildman–Crippen LogP) is 1.32. The van der Waals surface area contributed by atoms with E-state index in [0.717, 1.165) is 0 Å². The number of benzene rings is 1. The second-order valence-corrected chi connectivity index (χ2v) is 8.08. The highest BCUT2D eigenvalue weighted by atomic mass is 19.2. The van der Waals surface area contributed by atoms with E-state index in [2.05, 4.69) is 25.7 Å². The van der Waals surface area contributed by atoms with Crippen LogP contribution in [-0.2, 0) is 24.0 Å². The van der Waals surface area contributed by atoms with Crippen molar-refractivity contribution >= 4 is 35.3 Å². The Hall–Kier alpha value is -4.56. The van der Waals surface area contributed by atoms with Gasteiger partial charge in [0.2, 0.25) is 17.5 Å². The smallest absolute Gasteiger partial charge is 0.314 e. The molecule has 15 heteroatoms. The van der Waals surface area contributed by atoms with Gasteiger partial charge < -0.3 is 25.8 Å². The van der Waals surface area contributed by atoms with E-state index in [0.29, 0.717) is 0 Å². The average Bonchev–Trinajstić information content (AvgIpc) is 2.85. The lowest BCUT2D eigenvalue weighted by atomic mass is 10.0. The molecule has 0 unspecified atom stereocenters. The summed E-state index contributed by atoms with van der Waals surface area (Å²) in [6, 6.07) is 1.15. The number of nitrogens with one attached hydrogen (secondary N) is 3. The summed E-state index contributed by atoms with van der Waals surface area (Å²) in [6.45, 7) is 1.67. The number of ketones is 1. The van der Waals surface area contributed by atoms with Crippen LogP contribution in [-0.4, -0.2) is 58.3 Å². The van der Waals surface area contributed by atoms with Gasteiger partial charge in [-0.15, -0.1) is 0 Å². The molecule has 2 atom stereocenters. The summed E-state index contributed by atoms with van der Waals surface area (Å²) in [5, 5.41) is 15.5. The molecule has 0 radical (unpaired) electrons. The lowest BCUT2D eigenvalue weighted by molar-refractivity contribution is -0.141. The van der Waals surface area contributed by atoms with E-state index < -0.39 is 89.5 Å². The van der Waals surface area contributed by atoms with Crippen LogP contribution < -0.4 is 20.7 Å². The Bertz CT molecular complexity index is 1200. The molecule has 3 amide bonds. The molecule has 0 bridgehead atoms. The van der Waals surface area contributed by atoms with Crippen molar-refractivity contribution in [2.75, 3.05) is 11.9 Å². The number of carbonyl (C=O) groups is 5. The molecule has 0 saturated carbocycles. The zero-order valence-electron chi connectivity index (χ0n) is 19.9. The molecule has 0 fully saturated rings. The fourth-order valence-electron chi connectivity index (χ4n) is 2.95. The fourth-order valence-corrected chi connectivity index (χ4v) is 2.95. The number of aromatic nitrogens is 1. The van der Waals surface area contributed by atoms with Crippen molar-refractivity contribution in [3.63, 3.8) is 0 Å². The highest BCUT2D eigenvalue weighted by Gasteiger charge is 2.32. The van der Waals surface area contributed by atoms with Crippen LogP contribution in [0.2, 0.25) is 0 Å². The van der Waals surface area contributed by atoms with Crippen LogP contribution in [0.5, 0.6) is 5.75 Å². The van der Waals surface area contributed by atoms with Crippen molar-refractivity contribution < 1.29 is 51.4 Å². The van der Waals surface area contributed by atoms with Crippen molar-refractivity contribution in [3.8, 4) is 5.75 Å². The van der Waals surface area contributed by atoms with Gasteiger partial charge in [-0.3, -0.25) is 24.0 Å². The predicted molar refractivity (Wildman–Crippen MR) is 121 cm³/mol. The Morgan fingerprint density at radius 1 is 0.974 bits per heavy atom. The molecule has 0 saturated heterocycles. The molecule has 0 aliphatic heterocycles. The zero-order valence-corrected chi connectivity index (χ0v) is 19.9. The largest absolute Gasteiger partial charge is 0.481 e. The molecule has 2 rings (SSSR count). The number of rotatable bonds is 11. The fraction of sp³-hybridized carbons (Fsp3) is 0.304. The highest BCUT2D eigenvalue weighted by molar-refractivity contribution is 6.39. The summed E-state index contributed by atoms with van der Waals surface area (Å²) >= 11 is 0.